The molecule has 2 unspecified atom stereocenters. The molecule has 0 saturated carbocycles. The zero-order valence-corrected chi connectivity index (χ0v) is 10.4. The molecule has 0 saturated heterocycles. The summed E-state index contributed by atoms with van der Waals surface area (Å²) in [5, 5.41) is 0. The molecule has 3 heteroatoms. The van der Waals surface area contributed by atoms with Gasteiger partial charge in [0, 0.05) is 9.55 Å². The Balaban J connectivity index is 3.09. The molecule has 0 aliphatic rings. The van der Waals surface area contributed by atoms with Gasteiger partial charge in [-0.25, -0.2) is 0 Å². The summed E-state index contributed by atoms with van der Waals surface area (Å²) < 4.78 is 0.425. The van der Waals surface area contributed by atoms with Gasteiger partial charge in [0.15, 0.2) is 0 Å². The molecule has 1 aromatic rings. The minimum absolute atomic E-state index is 0.425. The standard InChI is InChI=1S/C9H11BBr2/c1-6(11)7-4-2-3-5-8(7)9(10)12/h2-6,9H,10H2,1H3. The van der Waals surface area contributed by atoms with Gasteiger partial charge >= 0.3 is 0 Å². The van der Waals surface area contributed by atoms with Gasteiger partial charge in [0.25, 0.3) is 0 Å². The van der Waals surface area contributed by atoms with Crippen molar-refractivity contribution in [3.05, 3.63) is 35.4 Å². The van der Waals surface area contributed by atoms with Crippen molar-refractivity contribution in [1.29, 1.82) is 0 Å². The van der Waals surface area contributed by atoms with Crippen LogP contribution in [0.1, 0.15) is 27.6 Å². The summed E-state index contributed by atoms with van der Waals surface area (Å²) in [6.07, 6.45) is 0. The lowest BCUT2D eigenvalue weighted by Crippen LogP contribution is -1.96. The SMILES string of the molecule is BC(Br)c1ccccc1C(C)Br. The van der Waals surface area contributed by atoms with E-state index in [1.807, 2.05) is 0 Å². The summed E-state index contributed by atoms with van der Waals surface area (Å²) in [5.41, 5.74) is 2.73. The van der Waals surface area contributed by atoms with Crippen LogP contribution < -0.4 is 0 Å². The highest BCUT2D eigenvalue weighted by molar-refractivity contribution is 9.09. The van der Waals surface area contributed by atoms with Gasteiger partial charge in [0.2, 0.25) is 0 Å². The molecule has 2 atom stereocenters. The van der Waals surface area contributed by atoms with E-state index in [4.69, 9.17) is 0 Å². The van der Waals surface area contributed by atoms with Crippen LogP contribution in [0.4, 0.5) is 0 Å². The maximum atomic E-state index is 3.58. The Bertz CT molecular complexity index is 231. The summed E-state index contributed by atoms with van der Waals surface area (Å²) in [6.45, 7) is 2.15. The fraction of sp³-hybridized carbons (Fsp3) is 0.333. The highest BCUT2D eigenvalue weighted by atomic mass is 79.9. The molecule has 0 fully saturated rings. The van der Waals surface area contributed by atoms with Crippen LogP contribution in [0.25, 0.3) is 0 Å². The first kappa shape index (κ1) is 10.3. The van der Waals surface area contributed by atoms with E-state index in [9.17, 15) is 0 Å². The third kappa shape index (κ3) is 2.36. The third-order valence-electron chi connectivity index (χ3n) is 1.85. The van der Waals surface area contributed by atoms with Gasteiger partial charge in [-0.15, -0.1) is 0 Å². The van der Waals surface area contributed by atoms with Crippen molar-refractivity contribution in [1.82, 2.24) is 0 Å². The molecule has 0 amide bonds. The molecule has 0 nitrogen and oxygen atoms in total. The normalized spacial score (nSPS) is 15.6. The summed E-state index contributed by atoms with van der Waals surface area (Å²) in [7, 11) is 2.15. The smallest absolute Gasteiger partial charge is 0.0938 e. The van der Waals surface area contributed by atoms with Crippen LogP contribution in [0, 0.1) is 0 Å². The van der Waals surface area contributed by atoms with Crippen molar-refractivity contribution in [3.63, 3.8) is 0 Å². The van der Waals surface area contributed by atoms with Crippen molar-refractivity contribution < 1.29 is 0 Å². The van der Waals surface area contributed by atoms with Gasteiger partial charge < -0.3 is 0 Å². The first-order chi connectivity index (χ1) is 5.63. The number of hydrogen-bond donors (Lipinski definition) is 0. The predicted octanol–water partition coefficient (Wildman–Crippen LogP) is 3.17. The van der Waals surface area contributed by atoms with E-state index in [1.54, 1.807) is 0 Å². The first-order valence-electron chi connectivity index (χ1n) is 4.00. The molecule has 1 aromatic carbocycles. The Morgan fingerprint density at radius 1 is 1.17 bits per heavy atom. The van der Waals surface area contributed by atoms with Gasteiger partial charge in [-0.05, 0) is 18.1 Å². The summed E-state index contributed by atoms with van der Waals surface area (Å²) in [5.74, 6) is 0. The average molecular weight is 290 g/mol. The molecule has 0 N–H and O–H groups in total. The number of benzene rings is 1. The van der Waals surface area contributed by atoms with E-state index in [-0.39, 0.29) is 0 Å². The van der Waals surface area contributed by atoms with E-state index >= 15 is 0 Å². The van der Waals surface area contributed by atoms with Crippen LogP contribution in [0.5, 0.6) is 0 Å². The zero-order valence-electron chi connectivity index (χ0n) is 7.22. The minimum Gasteiger partial charge on any atom is -0.0938 e. The van der Waals surface area contributed by atoms with Crippen molar-refractivity contribution >= 4 is 39.7 Å². The van der Waals surface area contributed by atoms with E-state index in [0.29, 0.717) is 9.55 Å². The molecular weight excluding hydrogens is 279 g/mol. The van der Waals surface area contributed by atoms with E-state index in [0.717, 1.165) is 0 Å². The number of hydrogen-bond acceptors (Lipinski definition) is 0. The average Bonchev–Trinajstić information content (AvgIpc) is 2.04. The largest absolute Gasteiger partial charge is 0.125 e. The molecule has 12 heavy (non-hydrogen) atoms. The molecule has 64 valence electrons. The lowest BCUT2D eigenvalue weighted by atomic mass is 9.92. The highest BCUT2D eigenvalue weighted by Crippen LogP contribution is 2.30. The van der Waals surface area contributed by atoms with Gasteiger partial charge in [-0.3, -0.25) is 0 Å². The van der Waals surface area contributed by atoms with Crippen LogP contribution in [0.3, 0.4) is 0 Å². The van der Waals surface area contributed by atoms with E-state index in [1.165, 1.54) is 11.1 Å². The van der Waals surface area contributed by atoms with Crippen LogP contribution in [0.15, 0.2) is 24.3 Å². The van der Waals surface area contributed by atoms with Crippen LogP contribution in [-0.2, 0) is 0 Å². The van der Waals surface area contributed by atoms with Gasteiger partial charge in [-0.2, -0.15) is 0 Å². The highest BCUT2D eigenvalue weighted by Gasteiger charge is 2.09. The molecule has 0 aliphatic carbocycles. The summed E-state index contributed by atoms with van der Waals surface area (Å²) in [6, 6.07) is 8.47. The Kier molecular flexibility index (Phi) is 3.85. The second-order valence-corrected chi connectivity index (χ2v) is 5.61. The Hall–Kier alpha value is 0.245. The van der Waals surface area contributed by atoms with Crippen molar-refractivity contribution in [3.8, 4) is 0 Å². The molecule has 0 aromatic heterocycles. The van der Waals surface area contributed by atoms with Crippen LogP contribution >= 0.6 is 31.9 Å². The van der Waals surface area contributed by atoms with Gasteiger partial charge in [-0.1, -0.05) is 56.1 Å². The second kappa shape index (κ2) is 4.47. The Morgan fingerprint density at radius 2 is 1.67 bits per heavy atom. The predicted molar refractivity (Wildman–Crippen MR) is 64.0 cm³/mol. The van der Waals surface area contributed by atoms with Crippen molar-refractivity contribution in [2.75, 3.05) is 0 Å². The molecule has 0 spiro atoms. The van der Waals surface area contributed by atoms with Crippen molar-refractivity contribution in [2.45, 2.75) is 16.5 Å². The van der Waals surface area contributed by atoms with Crippen molar-refractivity contribution in [2.24, 2.45) is 0 Å². The van der Waals surface area contributed by atoms with E-state index in [2.05, 4.69) is 70.9 Å². The molecule has 0 radical (unpaired) electrons. The summed E-state index contributed by atoms with van der Waals surface area (Å²) >= 11 is 7.16. The Morgan fingerprint density at radius 3 is 2.00 bits per heavy atom. The molecule has 0 heterocycles. The molecule has 0 aliphatic heterocycles. The molecule has 1 rings (SSSR count). The van der Waals surface area contributed by atoms with Gasteiger partial charge in [0.1, 0.15) is 7.85 Å². The quantitative estimate of drug-likeness (QED) is 0.579. The number of rotatable bonds is 2. The van der Waals surface area contributed by atoms with Crippen LogP contribution in [0.2, 0.25) is 0 Å². The lowest BCUT2D eigenvalue weighted by molar-refractivity contribution is 1.08. The Labute approximate surface area is 91.4 Å². The maximum Gasteiger partial charge on any atom is 0.125 e. The molecule has 0 bridgehead atoms. The summed E-state index contributed by atoms with van der Waals surface area (Å²) in [4.78, 5) is 0.425. The topological polar surface area (TPSA) is 0 Å². The fourth-order valence-corrected chi connectivity index (χ4v) is 2.07. The maximum absolute atomic E-state index is 3.58. The minimum atomic E-state index is 0.425. The molecular formula is C9H11BBr2. The third-order valence-corrected chi connectivity index (χ3v) is 2.84. The number of alkyl halides is 2. The number of halogens is 2. The van der Waals surface area contributed by atoms with E-state index < -0.39 is 0 Å². The lowest BCUT2D eigenvalue weighted by Gasteiger charge is -2.12. The fourth-order valence-electron chi connectivity index (χ4n) is 1.24. The van der Waals surface area contributed by atoms with Crippen LogP contribution in [-0.4, -0.2) is 7.85 Å². The zero-order chi connectivity index (χ0) is 9.14. The van der Waals surface area contributed by atoms with Gasteiger partial charge in [0.05, 0.1) is 0 Å². The first-order valence-corrected chi connectivity index (χ1v) is 5.83. The second-order valence-electron chi connectivity index (χ2n) is 2.86. The monoisotopic (exact) mass is 288 g/mol.